The number of aliphatic carboxylic acids is 1. The number of likely N-dealkylation sites (N-methyl/N-ethyl adjacent to an activating group) is 1. The van der Waals surface area contributed by atoms with Crippen molar-refractivity contribution in [2.45, 2.75) is 26.8 Å². The van der Waals surface area contributed by atoms with Crippen LogP contribution in [-0.4, -0.2) is 31.0 Å². The van der Waals surface area contributed by atoms with E-state index in [-0.39, 0.29) is 17.0 Å². The predicted octanol–water partition coefficient (Wildman–Crippen LogP) is 0.269. The van der Waals surface area contributed by atoms with E-state index in [2.05, 4.69) is 6.58 Å². The summed E-state index contributed by atoms with van der Waals surface area (Å²) in [5, 5.41) is 10.7. The fourth-order valence-corrected chi connectivity index (χ4v) is 1.72. The summed E-state index contributed by atoms with van der Waals surface area (Å²) in [5.74, 6) is -1.17. The lowest BCUT2D eigenvalue weighted by Crippen LogP contribution is -2.45. The Hall–Kier alpha value is -0.830. The minimum Gasteiger partial charge on any atom is -0.545 e. The number of hydrogen-bond donors (Lipinski definition) is 0. The number of carbonyl (C=O) groups excluding carboxylic acids is 1. The normalized spacial score (nSPS) is 14.3. The second-order valence-corrected chi connectivity index (χ2v) is 4.54. The van der Waals surface area contributed by atoms with E-state index in [0.717, 1.165) is 0 Å². The molecule has 0 saturated heterocycles. The van der Waals surface area contributed by atoms with Gasteiger partial charge < -0.3 is 14.8 Å². The van der Waals surface area contributed by atoms with Crippen LogP contribution < -0.4 is 5.11 Å². The highest BCUT2D eigenvalue weighted by atomic mass is 16.4. The lowest BCUT2D eigenvalue weighted by atomic mass is 9.82. The second-order valence-electron chi connectivity index (χ2n) is 4.54. The molecule has 0 fully saturated rings. The van der Waals surface area contributed by atoms with Crippen molar-refractivity contribution in [3.05, 3.63) is 12.2 Å². The van der Waals surface area contributed by atoms with Crippen LogP contribution in [0.5, 0.6) is 0 Å². The Morgan fingerprint density at radius 2 is 1.77 bits per heavy atom. The molecule has 0 spiro atoms. The largest absolute Gasteiger partial charge is 0.545 e. The molecule has 1 atom stereocenters. The molecular weight excluding hydrogens is 166 g/mol. The highest BCUT2D eigenvalue weighted by Crippen LogP contribution is 2.27. The van der Waals surface area contributed by atoms with Crippen LogP contribution in [0, 0.1) is 5.41 Å². The maximum absolute atomic E-state index is 10.7. The summed E-state index contributed by atoms with van der Waals surface area (Å²) in [5.41, 5.74) is -0.0156. The zero-order valence-electron chi connectivity index (χ0n) is 9.05. The van der Waals surface area contributed by atoms with Crippen molar-refractivity contribution in [1.29, 1.82) is 0 Å². The monoisotopic (exact) mass is 184 g/mol. The highest BCUT2D eigenvalue weighted by molar-refractivity contribution is 5.85. The van der Waals surface area contributed by atoms with Gasteiger partial charge in [-0.3, -0.25) is 0 Å². The number of rotatable bonds is 3. The van der Waals surface area contributed by atoms with Gasteiger partial charge in [0.15, 0.2) is 0 Å². The molecule has 0 rings (SSSR count). The van der Waals surface area contributed by atoms with Gasteiger partial charge in [-0.2, -0.15) is 0 Å². The van der Waals surface area contributed by atoms with Crippen LogP contribution in [0.25, 0.3) is 0 Å². The number of nitrogens with zero attached hydrogens (tertiary/aromatic N) is 1. The van der Waals surface area contributed by atoms with Crippen molar-refractivity contribution >= 4 is 5.97 Å². The number of hydrogen-bond acceptors (Lipinski definition) is 3. The van der Waals surface area contributed by atoms with Crippen molar-refractivity contribution in [1.82, 2.24) is 4.90 Å². The van der Waals surface area contributed by atoms with Crippen LogP contribution in [0.4, 0.5) is 0 Å². The van der Waals surface area contributed by atoms with Crippen LogP contribution in [-0.2, 0) is 4.79 Å². The molecule has 0 bridgehead atoms. The third kappa shape index (κ3) is 3.19. The van der Waals surface area contributed by atoms with Gasteiger partial charge in [-0.1, -0.05) is 27.4 Å². The molecule has 1 unspecified atom stereocenters. The SMILES string of the molecule is C=C(C(=O)[O-])C(N(C)C)C(C)(C)C. The molecule has 0 aromatic carbocycles. The molecule has 76 valence electrons. The van der Waals surface area contributed by atoms with Gasteiger partial charge >= 0.3 is 0 Å². The molecule has 13 heavy (non-hydrogen) atoms. The highest BCUT2D eigenvalue weighted by Gasteiger charge is 2.29. The smallest absolute Gasteiger partial charge is 0.0685 e. The van der Waals surface area contributed by atoms with Crippen LogP contribution >= 0.6 is 0 Å². The number of carbonyl (C=O) groups is 1. The minimum absolute atomic E-state index is 0.137. The first-order valence-electron chi connectivity index (χ1n) is 4.24. The predicted molar refractivity (Wildman–Crippen MR) is 51.1 cm³/mol. The van der Waals surface area contributed by atoms with Crippen LogP contribution in [0.1, 0.15) is 20.8 Å². The minimum atomic E-state index is -1.17. The van der Waals surface area contributed by atoms with Crippen molar-refractivity contribution in [3.8, 4) is 0 Å². The molecule has 0 amide bonds. The first-order valence-corrected chi connectivity index (χ1v) is 4.24. The molecular formula is C10H18NO2-. The number of carboxylic acid groups (broad SMARTS) is 1. The molecule has 0 aliphatic heterocycles. The van der Waals surface area contributed by atoms with E-state index < -0.39 is 5.97 Å². The fraction of sp³-hybridized carbons (Fsp3) is 0.700. The summed E-state index contributed by atoms with van der Waals surface area (Å²) in [6.07, 6.45) is 0. The maximum atomic E-state index is 10.7. The van der Waals surface area contributed by atoms with Crippen molar-refractivity contribution in [3.63, 3.8) is 0 Å². The summed E-state index contributed by atoms with van der Waals surface area (Å²) in [4.78, 5) is 12.5. The van der Waals surface area contributed by atoms with E-state index in [1.54, 1.807) is 0 Å². The molecule has 0 aliphatic rings. The molecule has 0 heterocycles. The fourth-order valence-electron chi connectivity index (χ4n) is 1.72. The average molecular weight is 184 g/mol. The Morgan fingerprint density at radius 3 is 1.85 bits per heavy atom. The van der Waals surface area contributed by atoms with Gasteiger partial charge in [0, 0.05) is 6.04 Å². The zero-order chi connectivity index (χ0) is 10.8. The molecule has 0 aromatic heterocycles. The topological polar surface area (TPSA) is 43.4 Å². The van der Waals surface area contributed by atoms with Crippen LogP contribution in [0.2, 0.25) is 0 Å². The molecule has 0 aliphatic carbocycles. The molecule has 3 heteroatoms. The van der Waals surface area contributed by atoms with Gasteiger partial charge in [-0.15, -0.1) is 0 Å². The Bertz CT molecular complexity index is 213. The zero-order valence-corrected chi connectivity index (χ0v) is 9.05. The Labute approximate surface area is 80.0 Å². The van der Waals surface area contributed by atoms with Gasteiger partial charge in [0.1, 0.15) is 0 Å². The average Bonchev–Trinajstić information content (AvgIpc) is 1.82. The Kier molecular flexibility index (Phi) is 3.67. The second kappa shape index (κ2) is 3.92. The van der Waals surface area contributed by atoms with E-state index in [9.17, 15) is 9.90 Å². The quantitative estimate of drug-likeness (QED) is 0.591. The molecule has 0 saturated carbocycles. The van der Waals surface area contributed by atoms with E-state index in [4.69, 9.17) is 0 Å². The summed E-state index contributed by atoms with van der Waals surface area (Å²) in [6, 6.07) is -0.197. The van der Waals surface area contributed by atoms with Gasteiger partial charge in [-0.25, -0.2) is 0 Å². The van der Waals surface area contributed by atoms with Gasteiger partial charge in [0.25, 0.3) is 0 Å². The number of carboxylic acids is 1. The summed E-state index contributed by atoms with van der Waals surface area (Å²) in [7, 11) is 3.67. The van der Waals surface area contributed by atoms with E-state index in [0.29, 0.717) is 0 Å². The third-order valence-electron chi connectivity index (χ3n) is 1.93. The van der Waals surface area contributed by atoms with Crippen LogP contribution in [0.3, 0.4) is 0 Å². The summed E-state index contributed by atoms with van der Waals surface area (Å²) in [6.45, 7) is 9.47. The van der Waals surface area contributed by atoms with E-state index in [1.807, 2.05) is 39.8 Å². The molecule has 3 nitrogen and oxygen atoms in total. The van der Waals surface area contributed by atoms with Gasteiger partial charge in [0.05, 0.1) is 5.97 Å². The summed E-state index contributed by atoms with van der Waals surface area (Å²) >= 11 is 0. The van der Waals surface area contributed by atoms with Crippen LogP contribution in [0.15, 0.2) is 12.2 Å². The van der Waals surface area contributed by atoms with E-state index in [1.165, 1.54) is 0 Å². The molecule has 0 aromatic rings. The standard InChI is InChI=1S/C10H19NO2/c1-7(9(12)13)8(11(5)6)10(2,3)4/h8H,1H2,2-6H3,(H,12,13)/p-1. The van der Waals surface area contributed by atoms with Gasteiger partial charge in [-0.05, 0) is 25.1 Å². The first-order chi connectivity index (χ1) is 5.68. The lowest BCUT2D eigenvalue weighted by molar-refractivity contribution is -0.300. The Morgan fingerprint density at radius 1 is 1.38 bits per heavy atom. The first kappa shape index (κ1) is 12.2. The van der Waals surface area contributed by atoms with Gasteiger partial charge in [0.2, 0.25) is 0 Å². The Balaban J connectivity index is 4.84. The lowest BCUT2D eigenvalue weighted by Gasteiger charge is -2.37. The summed E-state index contributed by atoms with van der Waals surface area (Å²) < 4.78 is 0. The van der Waals surface area contributed by atoms with Crippen molar-refractivity contribution in [2.24, 2.45) is 5.41 Å². The molecule has 0 radical (unpaired) electrons. The third-order valence-corrected chi connectivity index (χ3v) is 1.93. The van der Waals surface area contributed by atoms with Crippen molar-refractivity contribution < 1.29 is 9.90 Å². The van der Waals surface area contributed by atoms with E-state index >= 15 is 0 Å². The molecule has 0 N–H and O–H groups in total. The maximum Gasteiger partial charge on any atom is 0.0685 e. The van der Waals surface area contributed by atoms with Crippen molar-refractivity contribution in [2.75, 3.05) is 14.1 Å².